The van der Waals surface area contributed by atoms with E-state index in [4.69, 9.17) is 0 Å². The first-order valence-electron chi connectivity index (χ1n) is 13.9. The van der Waals surface area contributed by atoms with Crippen LogP contribution in [0.2, 0.25) is 0 Å². The maximum Gasteiger partial charge on any atom is 0.255 e. The Hall–Kier alpha value is -4.30. The number of benzene rings is 3. The van der Waals surface area contributed by atoms with Gasteiger partial charge in [-0.3, -0.25) is 29.4 Å². The van der Waals surface area contributed by atoms with Gasteiger partial charge >= 0.3 is 0 Å². The molecule has 3 aromatic carbocycles. The lowest BCUT2D eigenvalue weighted by Crippen LogP contribution is -2.52. The molecule has 0 radical (unpaired) electrons. The molecule has 3 fully saturated rings. The third-order valence-electron chi connectivity index (χ3n) is 8.88. The number of nitrogens with zero attached hydrogens (tertiary/aromatic N) is 3. The molecule has 4 amide bonds. The van der Waals surface area contributed by atoms with Crippen LogP contribution in [0.1, 0.15) is 62.7 Å². The van der Waals surface area contributed by atoms with Crippen LogP contribution in [0.25, 0.3) is 0 Å². The van der Waals surface area contributed by atoms with E-state index < -0.39 is 11.9 Å². The highest BCUT2D eigenvalue weighted by atomic mass is 16.2. The van der Waals surface area contributed by atoms with Crippen LogP contribution in [0, 0.1) is 0 Å². The summed E-state index contributed by atoms with van der Waals surface area (Å²) in [5.74, 6) is -0.989. The van der Waals surface area contributed by atoms with E-state index in [1.165, 1.54) is 16.0 Å². The molecule has 40 heavy (non-hydrogen) atoms. The molecule has 0 aromatic heterocycles. The minimum Gasteiger partial charge on any atom is -0.333 e. The number of hydrogen-bond donors (Lipinski definition) is 1. The lowest BCUT2D eigenvalue weighted by molar-refractivity contribution is -0.136. The zero-order valence-electron chi connectivity index (χ0n) is 22.0. The van der Waals surface area contributed by atoms with Gasteiger partial charge in [0.2, 0.25) is 11.8 Å². The van der Waals surface area contributed by atoms with Crippen molar-refractivity contribution in [1.82, 2.24) is 20.0 Å². The largest absolute Gasteiger partial charge is 0.333 e. The van der Waals surface area contributed by atoms with Crippen molar-refractivity contribution in [3.05, 3.63) is 107 Å². The maximum atomic E-state index is 13.7. The summed E-state index contributed by atoms with van der Waals surface area (Å²) in [4.78, 5) is 56.8. The van der Waals surface area contributed by atoms with Gasteiger partial charge in [0, 0.05) is 49.3 Å². The van der Waals surface area contributed by atoms with Crippen molar-refractivity contribution in [2.45, 2.75) is 50.0 Å². The molecule has 2 bridgehead atoms. The molecule has 4 aliphatic heterocycles. The van der Waals surface area contributed by atoms with E-state index in [0.717, 1.165) is 18.5 Å². The van der Waals surface area contributed by atoms with Gasteiger partial charge in [0.1, 0.15) is 6.04 Å². The molecule has 4 aliphatic rings. The predicted molar refractivity (Wildman–Crippen MR) is 147 cm³/mol. The van der Waals surface area contributed by atoms with Crippen molar-refractivity contribution in [3.8, 4) is 0 Å². The van der Waals surface area contributed by atoms with Crippen molar-refractivity contribution >= 4 is 23.6 Å². The van der Waals surface area contributed by atoms with Gasteiger partial charge in [-0.05, 0) is 47.7 Å². The number of piperazine rings is 1. The van der Waals surface area contributed by atoms with Gasteiger partial charge in [-0.15, -0.1) is 0 Å². The minimum absolute atomic E-state index is 0.0159. The van der Waals surface area contributed by atoms with Crippen LogP contribution in [0.3, 0.4) is 0 Å². The molecule has 7 rings (SSSR count). The van der Waals surface area contributed by atoms with Crippen molar-refractivity contribution in [3.63, 3.8) is 0 Å². The van der Waals surface area contributed by atoms with Gasteiger partial charge in [0.25, 0.3) is 11.8 Å². The quantitative estimate of drug-likeness (QED) is 0.508. The van der Waals surface area contributed by atoms with E-state index in [0.29, 0.717) is 24.1 Å². The Bertz CT molecular complexity index is 1470. The Kier molecular flexibility index (Phi) is 6.00. The Morgan fingerprint density at radius 2 is 1.55 bits per heavy atom. The Labute approximate surface area is 232 Å². The molecule has 0 spiro atoms. The van der Waals surface area contributed by atoms with Gasteiger partial charge < -0.3 is 9.80 Å². The number of fused-ring (bicyclic) bond motifs is 3. The highest BCUT2D eigenvalue weighted by molar-refractivity contribution is 6.06. The summed E-state index contributed by atoms with van der Waals surface area (Å²) in [7, 11) is 0. The van der Waals surface area contributed by atoms with Gasteiger partial charge in [-0.25, -0.2) is 0 Å². The first kappa shape index (κ1) is 24.7. The van der Waals surface area contributed by atoms with E-state index in [-0.39, 0.29) is 48.8 Å². The second kappa shape index (κ2) is 9.71. The SMILES string of the molecule is O=C1CCC(N2Cc3cc(C(=O)N4C[C@@H]5C[C@H]4CN5C(c4ccccc4)c4ccccc4)ccc3C2=O)C(=O)N1. The zero-order valence-corrected chi connectivity index (χ0v) is 22.0. The van der Waals surface area contributed by atoms with E-state index in [1.54, 1.807) is 12.1 Å². The van der Waals surface area contributed by atoms with E-state index in [2.05, 4.69) is 58.7 Å². The zero-order chi connectivity index (χ0) is 27.4. The lowest BCUT2D eigenvalue weighted by Gasteiger charge is -2.39. The normalized spacial score (nSPS) is 24.1. The monoisotopic (exact) mass is 534 g/mol. The number of carbonyl (C=O) groups is 4. The number of carbonyl (C=O) groups excluding carboxylic acids is 4. The van der Waals surface area contributed by atoms with Crippen molar-refractivity contribution in [2.24, 2.45) is 0 Å². The summed E-state index contributed by atoms with van der Waals surface area (Å²) < 4.78 is 0. The number of hydrogen-bond acceptors (Lipinski definition) is 5. The van der Waals surface area contributed by atoms with Crippen LogP contribution in [0.4, 0.5) is 0 Å². The number of piperidine rings is 1. The number of likely N-dealkylation sites (tertiary alicyclic amines) is 2. The molecule has 1 N–H and O–H groups in total. The fraction of sp³-hybridized carbons (Fsp3) is 0.312. The molecular formula is C32H30N4O4. The summed E-state index contributed by atoms with van der Waals surface area (Å²) in [6.07, 6.45) is 1.47. The van der Waals surface area contributed by atoms with E-state index in [9.17, 15) is 19.2 Å². The van der Waals surface area contributed by atoms with E-state index >= 15 is 0 Å². The molecule has 3 atom stereocenters. The summed E-state index contributed by atoms with van der Waals surface area (Å²) in [6.45, 7) is 1.73. The fourth-order valence-electron chi connectivity index (χ4n) is 6.98. The molecule has 8 heteroatoms. The second-order valence-corrected chi connectivity index (χ2v) is 11.2. The summed E-state index contributed by atoms with van der Waals surface area (Å²) in [6, 6.07) is 26.2. The molecule has 202 valence electrons. The number of nitrogens with one attached hydrogen (secondary N) is 1. The topological polar surface area (TPSA) is 90.0 Å². The summed E-state index contributed by atoms with van der Waals surface area (Å²) in [5.41, 5.74) is 4.34. The summed E-state index contributed by atoms with van der Waals surface area (Å²) >= 11 is 0. The maximum absolute atomic E-state index is 13.7. The highest BCUT2D eigenvalue weighted by Crippen LogP contribution is 2.40. The molecular weight excluding hydrogens is 504 g/mol. The lowest BCUT2D eigenvalue weighted by atomic mass is 9.96. The van der Waals surface area contributed by atoms with Crippen LogP contribution in [0.15, 0.2) is 78.9 Å². The number of rotatable bonds is 5. The molecule has 8 nitrogen and oxygen atoms in total. The average molecular weight is 535 g/mol. The van der Waals surface area contributed by atoms with Crippen molar-refractivity contribution in [2.75, 3.05) is 13.1 Å². The highest BCUT2D eigenvalue weighted by Gasteiger charge is 2.48. The van der Waals surface area contributed by atoms with Gasteiger partial charge in [-0.2, -0.15) is 0 Å². The molecule has 0 saturated carbocycles. The van der Waals surface area contributed by atoms with Crippen LogP contribution in [-0.4, -0.2) is 69.5 Å². The third kappa shape index (κ3) is 4.10. The van der Waals surface area contributed by atoms with E-state index in [1.807, 2.05) is 23.1 Å². The van der Waals surface area contributed by atoms with Crippen LogP contribution >= 0.6 is 0 Å². The average Bonchev–Trinajstić information content (AvgIpc) is 3.67. The molecule has 0 aliphatic carbocycles. The molecule has 1 unspecified atom stereocenters. The van der Waals surface area contributed by atoms with Gasteiger partial charge in [0.05, 0.1) is 6.04 Å². The van der Waals surface area contributed by atoms with Crippen LogP contribution < -0.4 is 5.32 Å². The predicted octanol–water partition coefficient (Wildman–Crippen LogP) is 3.14. The minimum atomic E-state index is -0.667. The smallest absolute Gasteiger partial charge is 0.255 e. The Morgan fingerprint density at radius 1 is 0.850 bits per heavy atom. The molecule has 4 heterocycles. The van der Waals surface area contributed by atoms with Crippen molar-refractivity contribution in [1.29, 1.82) is 0 Å². The fourth-order valence-corrected chi connectivity index (χ4v) is 6.98. The molecule has 3 aromatic rings. The first-order valence-corrected chi connectivity index (χ1v) is 13.9. The van der Waals surface area contributed by atoms with Gasteiger partial charge in [0.15, 0.2) is 0 Å². The summed E-state index contributed by atoms with van der Waals surface area (Å²) in [5, 5.41) is 2.33. The Balaban J connectivity index is 1.08. The van der Waals surface area contributed by atoms with Crippen molar-refractivity contribution < 1.29 is 19.2 Å². The van der Waals surface area contributed by atoms with Crippen LogP contribution in [-0.2, 0) is 16.1 Å². The van der Waals surface area contributed by atoms with Crippen LogP contribution in [0.5, 0.6) is 0 Å². The van der Waals surface area contributed by atoms with Gasteiger partial charge in [-0.1, -0.05) is 60.7 Å². The molecule has 3 saturated heterocycles. The third-order valence-corrected chi connectivity index (χ3v) is 8.88. The number of imide groups is 1. The Morgan fingerprint density at radius 3 is 2.17 bits per heavy atom. The number of amides is 4. The standard InChI is InChI=1S/C32H30N4O4/c37-28-14-13-27(30(38)33-28)36-17-23-15-22(11-12-26(23)32(36)40)31(39)35-19-24-16-25(35)18-34(24)29(20-7-3-1-4-8-20)21-9-5-2-6-10-21/h1-12,15,24-25,27,29H,13-14,16-19H2,(H,33,37,38)/t24-,25-,27?/m0/s1. The second-order valence-electron chi connectivity index (χ2n) is 11.2. The first-order chi connectivity index (χ1) is 19.5.